The monoisotopic (exact) mass is 331 g/mol. The van der Waals surface area contributed by atoms with Gasteiger partial charge in [-0.1, -0.05) is 31.0 Å². The summed E-state index contributed by atoms with van der Waals surface area (Å²) in [6, 6.07) is 8.93. The van der Waals surface area contributed by atoms with Crippen LogP contribution in [0.25, 0.3) is 0 Å². The number of aliphatic hydroxyl groups is 1. The number of nitrogens with zero attached hydrogens (tertiary/aromatic N) is 1. The van der Waals surface area contributed by atoms with Gasteiger partial charge in [-0.05, 0) is 31.4 Å². The zero-order valence-corrected chi connectivity index (χ0v) is 13.8. The number of hydrogen-bond acceptors (Lipinski definition) is 3. The maximum absolute atomic E-state index is 12.3. The second-order valence-electron chi connectivity index (χ2n) is 6.82. The number of piperidine rings is 1. The van der Waals surface area contributed by atoms with Crippen LogP contribution < -0.4 is 10.6 Å². The standard InChI is InChI=1S/C18H25N3O3/c22-16(20-15-7-2-1-3-8-15)12-19-17(23)21-11-10-18(24)9-5-4-6-14(18)13-21/h1-3,7-8,14,24H,4-6,9-13H2,(H,19,23)(H,20,22)/t14-,18-/m0/s1. The number of rotatable bonds is 3. The molecule has 1 aliphatic carbocycles. The lowest BCUT2D eigenvalue weighted by atomic mass is 9.71. The average molecular weight is 331 g/mol. The Kier molecular flexibility index (Phi) is 5.04. The molecule has 3 N–H and O–H groups in total. The Morgan fingerprint density at radius 3 is 2.79 bits per heavy atom. The first-order valence-corrected chi connectivity index (χ1v) is 8.67. The number of fused-ring (bicyclic) bond motifs is 1. The molecule has 1 aromatic carbocycles. The second-order valence-corrected chi connectivity index (χ2v) is 6.82. The second kappa shape index (κ2) is 7.21. The quantitative estimate of drug-likeness (QED) is 0.792. The number of likely N-dealkylation sites (tertiary alicyclic amines) is 1. The Bertz CT molecular complexity index is 592. The third-order valence-electron chi connectivity index (χ3n) is 5.17. The molecule has 2 fully saturated rings. The third kappa shape index (κ3) is 3.87. The predicted molar refractivity (Wildman–Crippen MR) is 91.6 cm³/mol. The highest BCUT2D eigenvalue weighted by Gasteiger charge is 2.43. The van der Waals surface area contributed by atoms with Crippen LogP contribution in [0.15, 0.2) is 30.3 Å². The minimum atomic E-state index is -0.598. The van der Waals surface area contributed by atoms with Crippen molar-refractivity contribution >= 4 is 17.6 Å². The Morgan fingerprint density at radius 2 is 2.00 bits per heavy atom. The zero-order chi connectivity index (χ0) is 17.0. The molecule has 0 spiro atoms. The number of hydrogen-bond donors (Lipinski definition) is 3. The lowest BCUT2D eigenvalue weighted by Crippen LogP contribution is -2.56. The van der Waals surface area contributed by atoms with Gasteiger partial charge in [0, 0.05) is 24.7 Å². The molecule has 3 rings (SSSR count). The van der Waals surface area contributed by atoms with E-state index in [2.05, 4.69) is 10.6 Å². The summed E-state index contributed by atoms with van der Waals surface area (Å²) in [6.07, 6.45) is 4.61. The molecule has 1 heterocycles. The zero-order valence-electron chi connectivity index (χ0n) is 13.8. The summed E-state index contributed by atoms with van der Waals surface area (Å²) in [7, 11) is 0. The molecule has 6 heteroatoms. The van der Waals surface area contributed by atoms with Crippen LogP contribution in [0.4, 0.5) is 10.5 Å². The van der Waals surface area contributed by atoms with E-state index in [1.807, 2.05) is 18.2 Å². The number of carbonyl (C=O) groups is 2. The van der Waals surface area contributed by atoms with E-state index in [0.29, 0.717) is 25.2 Å². The summed E-state index contributed by atoms with van der Waals surface area (Å²) in [5, 5.41) is 16.1. The van der Waals surface area contributed by atoms with E-state index in [1.165, 1.54) is 0 Å². The Morgan fingerprint density at radius 1 is 1.21 bits per heavy atom. The Labute approximate surface area is 142 Å². The van der Waals surface area contributed by atoms with Crippen LogP contribution in [-0.4, -0.2) is 47.2 Å². The first kappa shape index (κ1) is 16.8. The molecule has 1 aromatic rings. The lowest BCUT2D eigenvalue weighted by molar-refractivity contribution is -0.115. The van der Waals surface area contributed by atoms with Crippen molar-refractivity contribution < 1.29 is 14.7 Å². The van der Waals surface area contributed by atoms with Gasteiger partial charge in [-0.25, -0.2) is 4.79 Å². The first-order chi connectivity index (χ1) is 11.6. The molecule has 2 aliphatic rings. The first-order valence-electron chi connectivity index (χ1n) is 8.67. The van der Waals surface area contributed by atoms with Crippen LogP contribution in [0.3, 0.4) is 0 Å². The summed E-state index contributed by atoms with van der Waals surface area (Å²) >= 11 is 0. The fourth-order valence-electron chi connectivity index (χ4n) is 3.75. The number of para-hydroxylation sites is 1. The molecule has 0 aromatic heterocycles. The minimum absolute atomic E-state index is 0.0564. The lowest BCUT2D eigenvalue weighted by Gasteiger charge is -2.47. The molecule has 130 valence electrons. The van der Waals surface area contributed by atoms with Crippen LogP contribution in [0.2, 0.25) is 0 Å². The van der Waals surface area contributed by atoms with Gasteiger partial charge in [0.15, 0.2) is 0 Å². The highest BCUT2D eigenvalue weighted by molar-refractivity contribution is 5.94. The summed E-state index contributed by atoms with van der Waals surface area (Å²) in [5.41, 5.74) is 0.113. The molecule has 0 radical (unpaired) electrons. The maximum Gasteiger partial charge on any atom is 0.317 e. The van der Waals surface area contributed by atoms with Crippen LogP contribution in [0.5, 0.6) is 0 Å². The van der Waals surface area contributed by atoms with Crippen LogP contribution in [0, 0.1) is 5.92 Å². The third-order valence-corrected chi connectivity index (χ3v) is 5.17. The van der Waals surface area contributed by atoms with Crippen molar-refractivity contribution in [1.82, 2.24) is 10.2 Å². The molecule has 1 saturated heterocycles. The molecule has 1 saturated carbocycles. The SMILES string of the molecule is O=C(CNC(=O)N1CC[C@@]2(O)CCCC[C@H]2C1)Nc1ccccc1. The summed E-state index contributed by atoms with van der Waals surface area (Å²) in [5.74, 6) is -0.0929. The van der Waals surface area contributed by atoms with Gasteiger partial charge in [0.05, 0.1) is 12.1 Å². The highest BCUT2D eigenvalue weighted by Crippen LogP contribution is 2.39. The number of anilines is 1. The van der Waals surface area contributed by atoms with Crippen LogP contribution in [0.1, 0.15) is 32.1 Å². The predicted octanol–water partition coefficient (Wildman–Crippen LogP) is 1.96. The van der Waals surface area contributed by atoms with Gasteiger partial charge in [0.25, 0.3) is 0 Å². The molecule has 1 aliphatic heterocycles. The van der Waals surface area contributed by atoms with Gasteiger partial charge in [-0.3, -0.25) is 4.79 Å². The van der Waals surface area contributed by atoms with Crippen molar-refractivity contribution in [2.45, 2.75) is 37.7 Å². The highest BCUT2D eigenvalue weighted by atomic mass is 16.3. The van der Waals surface area contributed by atoms with E-state index in [9.17, 15) is 14.7 Å². The van der Waals surface area contributed by atoms with Crippen LogP contribution >= 0.6 is 0 Å². The van der Waals surface area contributed by atoms with Gasteiger partial charge in [0.1, 0.15) is 0 Å². The van der Waals surface area contributed by atoms with E-state index in [4.69, 9.17) is 0 Å². The number of nitrogens with one attached hydrogen (secondary N) is 2. The smallest absolute Gasteiger partial charge is 0.317 e. The van der Waals surface area contributed by atoms with E-state index in [0.717, 1.165) is 25.7 Å². The molecule has 24 heavy (non-hydrogen) atoms. The molecule has 6 nitrogen and oxygen atoms in total. The van der Waals surface area contributed by atoms with E-state index >= 15 is 0 Å². The van der Waals surface area contributed by atoms with Gasteiger partial charge < -0.3 is 20.6 Å². The van der Waals surface area contributed by atoms with Gasteiger partial charge in [-0.15, -0.1) is 0 Å². The summed E-state index contributed by atoms with van der Waals surface area (Å²) < 4.78 is 0. The number of carbonyl (C=O) groups excluding carboxylic acids is 2. The Hall–Kier alpha value is -2.08. The van der Waals surface area contributed by atoms with Crippen molar-refractivity contribution in [1.29, 1.82) is 0 Å². The molecule has 2 atom stereocenters. The molecular formula is C18H25N3O3. The summed E-state index contributed by atoms with van der Waals surface area (Å²) in [6.45, 7) is 1.06. The number of benzene rings is 1. The fraction of sp³-hybridized carbons (Fsp3) is 0.556. The largest absolute Gasteiger partial charge is 0.389 e. The molecule has 0 bridgehead atoms. The molecule has 0 unspecified atom stereocenters. The Balaban J connectivity index is 1.46. The molecular weight excluding hydrogens is 306 g/mol. The van der Waals surface area contributed by atoms with Crippen molar-refractivity contribution in [2.75, 3.05) is 25.0 Å². The summed E-state index contributed by atoms with van der Waals surface area (Å²) in [4.78, 5) is 25.9. The maximum atomic E-state index is 12.3. The van der Waals surface area contributed by atoms with E-state index < -0.39 is 5.60 Å². The normalized spacial score (nSPS) is 26.4. The van der Waals surface area contributed by atoms with Crippen molar-refractivity contribution in [3.8, 4) is 0 Å². The fourth-order valence-corrected chi connectivity index (χ4v) is 3.75. The van der Waals surface area contributed by atoms with Gasteiger partial charge in [0.2, 0.25) is 5.91 Å². The van der Waals surface area contributed by atoms with Crippen LogP contribution in [-0.2, 0) is 4.79 Å². The topological polar surface area (TPSA) is 81.7 Å². The minimum Gasteiger partial charge on any atom is -0.389 e. The van der Waals surface area contributed by atoms with Crippen molar-refractivity contribution in [3.63, 3.8) is 0 Å². The van der Waals surface area contributed by atoms with Gasteiger partial charge >= 0.3 is 6.03 Å². The van der Waals surface area contributed by atoms with E-state index in [1.54, 1.807) is 17.0 Å². The van der Waals surface area contributed by atoms with Crippen molar-refractivity contribution in [2.24, 2.45) is 5.92 Å². The molecule has 3 amide bonds. The van der Waals surface area contributed by atoms with E-state index in [-0.39, 0.29) is 24.4 Å². The van der Waals surface area contributed by atoms with Gasteiger partial charge in [-0.2, -0.15) is 0 Å². The van der Waals surface area contributed by atoms with Crippen molar-refractivity contribution in [3.05, 3.63) is 30.3 Å². The number of urea groups is 1. The number of amides is 3. The average Bonchev–Trinajstić information content (AvgIpc) is 2.59.